The van der Waals surface area contributed by atoms with Crippen molar-refractivity contribution in [1.29, 1.82) is 0 Å². The lowest BCUT2D eigenvalue weighted by molar-refractivity contribution is 0.919. The van der Waals surface area contributed by atoms with Gasteiger partial charge in [-0.1, -0.05) is 41.4 Å². The van der Waals surface area contributed by atoms with Crippen molar-refractivity contribution in [2.45, 2.75) is 11.8 Å². The van der Waals surface area contributed by atoms with Crippen LogP contribution in [0.25, 0.3) is 0 Å². The van der Waals surface area contributed by atoms with Gasteiger partial charge in [-0.15, -0.1) is 11.6 Å². The van der Waals surface area contributed by atoms with E-state index >= 15 is 0 Å². The fourth-order valence-corrected chi connectivity index (χ4v) is 2.75. The Hall–Kier alpha value is 0.0400. The topological polar surface area (TPSA) is 0 Å². The number of alkyl halides is 1. The average molecular weight is 411 g/mol. The summed E-state index contributed by atoms with van der Waals surface area (Å²) in [5.41, 5.74) is 2.15. The van der Waals surface area contributed by atoms with E-state index in [1.54, 1.807) is 0 Å². The SMILES string of the molecule is Clc1cccc(CC(Cl)c2ccc(I)c(Cl)c2)c1. The molecule has 18 heavy (non-hydrogen) atoms. The predicted molar refractivity (Wildman–Crippen MR) is 87.9 cm³/mol. The maximum absolute atomic E-state index is 6.41. The molecule has 0 fully saturated rings. The van der Waals surface area contributed by atoms with Crippen molar-refractivity contribution in [3.63, 3.8) is 0 Å². The van der Waals surface area contributed by atoms with Gasteiger partial charge >= 0.3 is 0 Å². The van der Waals surface area contributed by atoms with Gasteiger partial charge in [0.25, 0.3) is 0 Å². The number of hydrogen-bond donors (Lipinski definition) is 0. The summed E-state index contributed by atoms with van der Waals surface area (Å²) in [6.07, 6.45) is 0.735. The zero-order chi connectivity index (χ0) is 13.1. The first-order valence-electron chi connectivity index (χ1n) is 5.40. The molecule has 0 N–H and O–H groups in total. The van der Waals surface area contributed by atoms with Crippen molar-refractivity contribution in [1.82, 2.24) is 0 Å². The molecule has 0 nitrogen and oxygen atoms in total. The summed E-state index contributed by atoms with van der Waals surface area (Å²) >= 11 is 20.7. The van der Waals surface area contributed by atoms with Gasteiger partial charge in [0, 0.05) is 8.59 Å². The maximum Gasteiger partial charge on any atom is 0.0626 e. The molecule has 0 aliphatic heterocycles. The van der Waals surface area contributed by atoms with E-state index in [-0.39, 0.29) is 5.38 Å². The summed E-state index contributed by atoms with van der Waals surface area (Å²) in [5.74, 6) is 0. The van der Waals surface area contributed by atoms with E-state index in [0.717, 1.165) is 31.2 Å². The van der Waals surface area contributed by atoms with Crippen molar-refractivity contribution >= 4 is 57.4 Å². The molecule has 0 saturated carbocycles. The molecule has 2 aromatic carbocycles. The third-order valence-electron chi connectivity index (χ3n) is 2.61. The second kappa shape index (κ2) is 6.47. The summed E-state index contributed by atoms with van der Waals surface area (Å²) in [5, 5.41) is 1.37. The summed E-state index contributed by atoms with van der Waals surface area (Å²) in [7, 11) is 0. The fourth-order valence-electron chi connectivity index (χ4n) is 1.70. The summed E-state index contributed by atoms with van der Waals surface area (Å²) < 4.78 is 1.03. The van der Waals surface area contributed by atoms with Gasteiger partial charge in [0.05, 0.1) is 10.4 Å². The standard InChI is InChI=1S/C14H10Cl3I/c15-11-3-1-2-9(6-11)7-12(16)10-4-5-14(18)13(17)8-10/h1-6,8,12H,7H2. The molecule has 94 valence electrons. The van der Waals surface area contributed by atoms with Crippen LogP contribution in [0.2, 0.25) is 10.0 Å². The molecule has 0 aliphatic rings. The number of benzene rings is 2. The predicted octanol–water partition coefficient (Wildman–Crippen LogP) is 6.12. The Labute approximate surface area is 135 Å². The van der Waals surface area contributed by atoms with Gasteiger partial charge in [-0.05, 0) is 64.4 Å². The van der Waals surface area contributed by atoms with Crippen molar-refractivity contribution < 1.29 is 0 Å². The van der Waals surface area contributed by atoms with Crippen LogP contribution in [0.4, 0.5) is 0 Å². The van der Waals surface area contributed by atoms with Gasteiger partial charge in [-0.2, -0.15) is 0 Å². The van der Waals surface area contributed by atoms with Crippen LogP contribution in [-0.2, 0) is 6.42 Å². The van der Waals surface area contributed by atoms with Crippen molar-refractivity contribution in [3.05, 3.63) is 67.2 Å². The zero-order valence-electron chi connectivity index (χ0n) is 9.34. The van der Waals surface area contributed by atoms with E-state index in [1.165, 1.54) is 0 Å². The van der Waals surface area contributed by atoms with Crippen LogP contribution in [0.5, 0.6) is 0 Å². The third kappa shape index (κ3) is 3.77. The van der Waals surface area contributed by atoms with E-state index in [9.17, 15) is 0 Å². The lowest BCUT2D eigenvalue weighted by Gasteiger charge is -2.11. The summed E-state index contributed by atoms with van der Waals surface area (Å²) in [6.45, 7) is 0. The van der Waals surface area contributed by atoms with Gasteiger partial charge in [0.15, 0.2) is 0 Å². The van der Waals surface area contributed by atoms with E-state index in [0.29, 0.717) is 0 Å². The molecule has 0 bridgehead atoms. The molecular weight excluding hydrogens is 401 g/mol. The molecular formula is C14H10Cl3I. The molecule has 1 unspecified atom stereocenters. The fraction of sp³-hybridized carbons (Fsp3) is 0.143. The van der Waals surface area contributed by atoms with Gasteiger partial charge in [0.1, 0.15) is 0 Å². The van der Waals surface area contributed by atoms with Gasteiger partial charge < -0.3 is 0 Å². The van der Waals surface area contributed by atoms with Crippen molar-refractivity contribution in [2.75, 3.05) is 0 Å². The van der Waals surface area contributed by atoms with Gasteiger partial charge in [-0.25, -0.2) is 0 Å². The third-order valence-corrected chi connectivity index (χ3v) is 4.82. The highest BCUT2D eigenvalue weighted by Crippen LogP contribution is 2.29. The van der Waals surface area contributed by atoms with E-state index < -0.39 is 0 Å². The molecule has 0 spiro atoms. The Balaban J connectivity index is 2.16. The summed E-state index contributed by atoms with van der Waals surface area (Å²) in [4.78, 5) is 0. The normalized spacial score (nSPS) is 12.4. The number of halogens is 4. The minimum atomic E-state index is -0.0991. The Bertz CT molecular complexity index is 554. The largest absolute Gasteiger partial charge is 0.117 e. The minimum absolute atomic E-state index is 0.0991. The monoisotopic (exact) mass is 410 g/mol. The van der Waals surface area contributed by atoms with E-state index in [2.05, 4.69) is 22.6 Å². The first-order chi connectivity index (χ1) is 8.56. The Morgan fingerprint density at radius 3 is 2.50 bits per heavy atom. The van der Waals surface area contributed by atoms with Gasteiger partial charge in [0.2, 0.25) is 0 Å². The first kappa shape index (κ1) is 14.4. The molecule has 4 heteroatoms. The highest BCUT2D eigenvalue weighted by molar-refractivity contribution is 14.1. The van der Waals surface area contributed by atoms with Crippen LogP contribution in [0.1, 0.15) is 16.5 Å². The number of rotatable bonds is 3. The van der Waals surface area contributed by atoms with Gasteiger partial charge in [-0.3, -0.25) is 0 Å². The van der Waals surface area contributed by atoms with Crippen LogP contribution in [0, 0.1) is 3.57 Å². The lowest BCUT2D eigenvalue weighted by atomic mass is 10.0. The molecule has 0 aromatic heterocycles. The molecule has 0 heterocycles. The van der Waals surface area contributed by atoms with Crippen LogP contribution in [-0.4, -0.2) is 0 Å². The van der Waals surface area contributed by atoms with Crippen LogP contribution in [0.15, 0.2) is 42.5 Å². The molecule has 0 saturated heterocycles. The molecule has 0 aliphatic carbocycles. The first-order valence-corrected chi connectivity index (χ1v) is 7.67. The molecule has 2 rings (SSSR count). The van der Waals surface area contributed by atoms with Crippen LogP contribution >= 0.6 is 57.4 Å². The zero-order valence-corrected chi connectivity index (χ0v) is 13.8. The molecule has 0 radical (unpaired) electrons. The summed E-state index contributed by atoms with van der Waals surface area (Å²) in [6, 6.07) is 13.7. The van der Waals surface area contributed by atoms with E-state index in [4.69, 9.17) is 34.8 Å². The quantitative estimate of drug-likeness (QED) is 0.422. The lowest BCUT2D eigenvalue weighted by Crippen LogP contribution is -1.96. The maximum atomic E-state index is 6.41. The smallest absolute Gasteiger partial charge is 0.0626 e. The van der Waals surface area contributed by atoms with E-state index in [1.807, 2.05) is 42.5 Å². The average Bonchev–Trinajstić information content (AvgIpc) is 2.32. The molecule has 2 aromatic rings. The van der Waals surface area contributed by atoms with Crippen molar-refractivity contribution in [3.8, 4) is 0 Å². The second-order valence-electron chi connectivity index (χ2n) is 3.98. The Morgan fingerprint density at radius 1 is 1.06 bits per heavy atom. The molecule has 1 atom stereocenters. The Kier molecular flexibility index (Phi) is 5.19. The Morgan fingerprint density at radius 2 is 1.83 bits per heavy atom. The van der Waals surface area contributed by atoms with Crippen LogP contribution < -0.4 is 0 Å². The van der Waals surface area contributed by atoms with Crippen LogP contribution in [0.3, 0.4) is 0 Å². The molecule has 0 amide bonds. The van der Waals surface area contributed by atoms with Crippen molar-refractivity contribution in [2.24, 2.45) is 0 Å². The highest BCUT2D eigenvalue weighted by Gasteiger charge is 2.10. The highest BCUT2D eigenvalue weighted by atomic mass is 127. The number of hydrogen-bond acceptors (Lipinski definition) is 0. The minimum Gasteiger partial charge on any atom is -0.117 e. The second-order valence-corrected chi connectivity index (χ2v) is 6.51.